The highest BCUT2D eigenvalue weighted by Gasteiger charge is 2.27. The van der Waals surface area contributed by atoms with E-state index in [4.69, 9.17) is 0 Å². The fourth-order valence-corrected chi connectivity index (χ4v) is 4.25. The maximum atomic E-state index is 12.6. The summed E-state index contributed by atoms with van der Waals surface area (Å²) in [5, 5.41) is 14.8. The predicted octanol–water partition coefficient (Wildman–Crippen LogP) is 3.15. The Hall–Kier alpha value is -3.79. The Labute approximate surface area is 188 Å². The minimum Gasteiger partial charge on any atom is -0.338 e. The zero-order valence-electron chi connectivity index (χ0n) is 17.2. The quantitative estimate of drug-likeness (QED) is 0.498. The normalized spacial score (nSPS) is 15.8. The van der Waals surface area contributed by atoms with Crippen LogP contribution in [0.25, 0.3) is 10.7 Å². The van der Waals surface area contributed by atoms with Crippen LogP contribution < -0.4 is 10.6 Å². The Kier molecular flexibility index (Phi) is 6.41. The highest BCUT2D eigenvalue weighted by Crippen LogP contribution is 2.23. The van der Waals surface area contributed by atoms with Crippen LogP contribution >= 0.6 is 11.3 Å². The van der Waals surface area contributed by atoms with Gasteiger partial charge in [-0.3, -0.25) is 19.5 Å². The molecule has 0 saturated carbocycles. The van der Waals surface area contributed by atoms with Crippen molar-refractivity contribution in [3.63, 3.8) is 0 Å². The first-order valence-corrected chi connectivity index (χ1v) is 11.0. The van der Waals surface area contributed by atoms with E-state index in [0.29, 0.717) is 35.2 Å². The molecule has 2 aromatic heterocycles. The molecule has 4 rings (SSSR count). The monoisotopic (exact) mass is 450 g/mol. The van der Waals surface area contributed by atoms with E-state index in [2.05, 4.69) is 32.4 Å². The van der Waals surface area contributed by atoms with Gasteiger partial charge in [-0.05, 0) is 49.2 Å². The number of piperidine rings is 1. The van der Waals surface area contributed by atoms with Gasteiger partial charge in [0.25, 0.3) is 5.91 Å². The van der Waals surface area contributed by atoms with E-state index in [1.807, 2.05) is 0 Å². The summed E-state index contributed by atoms with van der Waals surface area (Å²) in [4.78, 5) is 42.9. The fourth-order valence-electron chi connectivity index (χ4n) is 3.47. The molecule has 3 amide bonds. The summed E-state index contributed by atoms with van der Waals surface area (Å²) in [7, 11) is 0. The number of aromatic nitrogens is 3. The first-order valence-electron chi connectivity index (χ1n) is 10.1. The number of benzene rings is 1. The Balaban J connectivity index is 1.33. The number of hydrogen-bond donors (Lipinski definition) is 3. The van der Waals surface area contributed by atoms with E-state index in [1.165, 1.54) is 17.4 Å². The van der Waals surface area contributed by atoms with Gasteiger partial charge < -0.3 is 15.5 Å². The molecule has 0 radical (unpaired) electrons. The second-order valence-corrected chi connectivity index (χ2v) is 8.21. The third kappa shape index (κ3) is 4.92. The number of hydrogen-bond acceptors (Lipinski definition) is 6. The Morgan fingerprint density at radius 2 is 1.91 bits per heavy atom. The number of anilines is 2. The number of amides is 3. The molecule has 0 spiro atoms. The molecule has 1 saturated heterocycles. The van der Waals surface area contributed by atoms with E-state index in [0.717, 1.165) is 18.5 Å². The van der Waals surface area contributed by atoms with Gasteiger partial charge in [-0.25, -0.2) is 4.98 Å². The third-order valence-electron chi connectivity index (χ3n) is 5.16. The molecule has 3 heterocycles. The third-order valence-corrected chi connectivity index (χ3v) is 6.03. The van der Waals surface area contributed by atoms with E-state index < -0.39 is 0 Å². The molecular formula is C22H22N6O3S. The van der Waals surface area contributed by atoms with E-state index in [9.17, 15) is 14.4 Å². The molecule has 32 heavy (non-hydrogen) atoms. The number of thiazole rings is 1. The molecule has 3 aromatic rings. The van der Waals surface area contributed by atoms with Crippen LogP contribution in [0.5, 0.6) is 0 Å². The second-order valence-electron chi connectivity index (χ2n) is 7.36. The van der Waals surface area contributed by atoms with Crippen molar-refractivity contribution >= 4 is 40.4 Å². The van der Waals surface area contributed by atoms with Crippen LogP contribution in [0.15, 0.2) is 54.6 Å². The molecule has 1 atom stereocenters. The topological polar surface area (TPSA) is 120 Å². The zero-order chi connectivity index (χ0) is 22.5. The van der Waals surface area contributed by atoms with Crippen molar-refractivity contribution in [3.05, 3.63) is 60.3 Å². The van der Waals surface area contributed by atoms with Crippen LogP contribution in [0, 0.1) is 5.92 Å². The van der Waals surface area contributed by atoms with Crippen LogP contribution in [0.2, 0.25) is 0 Å². The summed E-state index contributed by atoms with van der Waals surface area (Å²) in [5.41, 5.74) is 2.27. The number of likely N-dealkylation sites (tertiary alicyclic amines) is 1. The van der Waals surface area contributed by atoms with Crippen molar-refractivity contribution in [3.8, 4) is 10.7 Å². The van der Waals surface area contributed by atoms with Crippen molar-refractivity contribution in [2.24, 2.45) is 5.92 Å². The lowest BCUT2D eigenvalue weighted by Crippen LogP contribution is -2.43. The summed E-state index contributed by atoms with van der Waals surface area (Å²) in [6, 6.07) is 8.66. The molecular weight excluding hydrogens is 428 g/mol. The summed E-state index contributed by atoms with van der Waals surface area (Å²) >= 11 is 1.35. The molecule has 0 bridgehead atoms. The highest BCUT2D eigenvalue weighted by molar-refractivity contribution is 7.13. The zero-order valence-corrected chi connectivity index (χ0v) is 18.0. The standard InChI is InChI=1S/C22H22N6O3S/c1-2-19(29)28-11-3-4-14(12-28)20(30)24-15-5-7-16(8-6-15)25-21(31)18-13-32-22(26-18)17-9-10-23-27-17/h2,5-10,13-14H,1,3-4,11-12H2,(H,23,27)(H,24,30)(H,25,31)/t14-/m0/s1. The van der Waals surface area contributed by atoms with Gasteiger partial charge in [0.05, 0.1) is 11.6 Å². The number of nitrogens with one attached hydrogen (secondary N) is 3. The SMILES string of the molecule is C=CC(=O)N1CCC[C@H](C(=O)Nc2ccc(NC(=O)c3csc(-c4ccn[nH]4)n3)cc2)C1. The Morgan fingerprint density at radius 3 is 2.59 bits per heavy atom. The van der Waals surface area contributed by atoms with E-state index >= 15 is 0 Å². The number of aromatic amines is 1. The maximum Gasteiger partial charge on any atom is 0.275 e. The second kappa shape index (κ2) is 9.56. The maximum absolute atomic E-state index is 12.6. The van der Waals surface area contributed by atoms with Crippen LogP contribution in [0.1, 0.15) is 23.3 Å². The van der Waals surface area contributed by atoms with Gasteiger partial charge in [0, 0.05) is 36.0 Å². The van der Waals surface area contributed by atoms with Crippen molar-refractivity contribution in [2.45, 2.75) is 12.8 Å². The lowest BCUT2D eigenvalue weighted by molar-refractivity contribution is -0.130. The molecule has 10 heteroatoms. The molecule has 3 N–H and O–H groups in total. The van der Waals surface area contributed by atoms with Crippen LogP contribution in [0.3, 0.4) is 0 Å². The van der Waals surface area contributed by atoms with Gasteiger partial charge >= 0.3 is 0 Å². The lowest BCUT2D eigenvalue weighted by atomic mass is 9.97. The molecule has 1 aromatic carbocycles. The molecule has 1 fully saturated rings. The highest BCUT2D eigenvalue weighted by atomic mass is 32.1. The lowest BCUT2D eigenvalue weighted by Gasteiger charge is -2.31. The van der Waals surface area contributed by atoms with Crippen molar-refractivity contribution in [2.75, 3.05) is 23.7 Å². The summed E-state index contributed by atoms with van der Waals surface area (Å²) in [5.74, 6) is -0.865. The minimum absolute atomic E-state index is 0.128. The van der Waals surface area contributed by atoms with Crippen LogP contribution in [0.4, 0.5) is 11.4 Å². The number of H-pyrrole nitrogens is 1. The van der Waals surface area contributed by atoms with Crippen molar-refractivity contribution in [1.82, 2.24) is 20.1 Å². The molecule has 0 aliphatic carbocycles. The number of nitrogens with zero attached hydrogens (tertiary/aromatic N) is 3. The van der Waals surface area contributed by atoms with Gasteiger partial charge in [0.1, 0.15) is 10.7 Å². The average Bonchev–Trinajstić information content (AvgIpc) is 3.52. The van der Waals surface area contributed by atoms with Crippen molar-refractivity contribution in [1.29, 1.82) is 0 Å². The average molecular weight is 451 g/mol. The van der Waals surface area contributed by atoms with Gasteiger partial charge in [0.15, 0.2) is 0 Å². The first-order chi connectivity index (χ1) is 15.5. The minimum atomic E-state index is -0.321. The molecule has 1 aliphatic heterocycles. The number of carbonyl (C=O) groups excluding carboxylic acids is 3. The first kappa shape index (κ1) is 21.4. The number of rotatable bonds is 6. The molecule has 9 nitrogen and oxygen atoms in total. The smallest absolute Gasteiger partial charge is 0.275 e. The van der Waals surface area contributed by atoms with Crippen LogP contribution in [-0.4, -0.2) is 50.9 Å². The molecule has 0 unspecified atom stereocenters. The number of carbonyl (C=O) groups is 3. The fraction of sp³-hybridized carbons (Fsp3) is 0.227. The van der Waals surface area contributed by atoms with Crippen molar-refractivity contribution < 1.29 is 14.4 Å². The van der Waals surface area contributed by atoms with E-state index in [-0.39, 0.29) is 23.6 Å². The summed E-state index contributed by atoms with van der Waals surface area (Å²) in [6.45, 7) is 4.54. The van der Waals surface area contributed by atoms with E-state index in [1.54, 1.807) is 46.8 Å². The van der Waals surface area contributed by atoms with Gasteiger partial charge in [-0.15, -0.1) is 11.3 Å². The van der Waals surface area contributed by atoms with Gasteiger partial charge in [-0.2, -0.15) is 5.10 Å². The predicted molar refractivity (Wildman–Crippen MR) is 122 cm³/mol. The van der Waals surface area contributed by atoms with Gasteiger partial charge in [0.2, 0.25) is 11.8 Å². The largest absolute Gasteiger partial charge is 0.338 e. The van der Waals surface area contributed by atoms with Gasteiger partial charge in [-0.1, -0.05) is 6.58 Å². The summed E-state index contributed by atoms with van der Waals surface area (Å²) < 4.78 is 0. The summed E-state index contributed by atoms with van der Waals surface area (Å²) in [6.07, 6.45) is 4.41. The van der Waals surface area contributed by atoms with Crippen LogP contribution in [-0.2, 0) is 9.59 Å². The molecule has 1 aliphatic rings. The Bertz CT molecular complexity index is 1120. The Morgan fingerprint density at radius 1 is 1.16 bits per heavy atom. The molecule has 164 valence electrons.